The number of rotatable bonds is 5. The number of carboxylic acid groups (broad SMARTS) is 1. The van der Waals surface area contributed by atoms with Crippen molar-refractivity contribution >= 4 is 11.5 Å². The van der Waals surface area contributed by atoms with E-state index in [0.29, 0.717) is 6.08 Å². The van der Waals surface area contributed by atoms with Gasteiger partial charge in [-0.25, -0.2) is 4.79 Å². The molecule has 1 aromatic rings. The van der Waals surface area contributed by atoms with Gasteiger partial charge < -0.3 is 65.3 Å². The number of carboxylic acids is 1. The highest BCUT2D eigenvalue weighted by Gasteiger charge is 2.55. The Labute approximate surface area is 203 Å². The van der Waals surface area contributed by atoms with Crippen LogP contribution in [0.2, 0.25) is 0 Å². The minimum atomic E-state index is -1.90. The fourth-order valence-corrected chi connectivity index (χ4v) is 4.96. The van der Waals surface area contributed by atoms with Crippen LogP contribution in [0.25, 0.3) is 5.57 Å². The highest BCUT2D eigenvalue weighted by Crippen LogP contribution is 2.58. The molecule has 0 amide bonds. The summed E-state index contributed by atoms with van der Waals surface area (Å²) in [7, 11) is 0. The lowest BCUT2D eigenvalue weighted by atomic mass is 9.85. The van der Waals surface area contributed by atoms with Gasteiger partial charge in [0.05, 0.1) is 29.9 Å². The molecular weight excluding hydrogens is 488 g/mol. The summed E-state index contributed by atoms with van der Waals surface area (Å²) >= 11 is 0. The Hall–Kier alpha value is -2.53. The van der Waals surface area contributed by atoms with Crippen LogP contribution in [0.3, 0.4) is 0 Å². The average Bonchev–Trinajstić information content (AvgIpc) is 3.20. The van der Waals surface area contributed by atoms with Gasteiger partial charge in [-0.1, -0.05) is 0 Å². The van der Waals surface area contributed by atoms with Crippen molar-refractivity contribution in [3.63, 3.8) is 0 Å². The fourth-order valence-electron chi connectivity index (χ4n) is 4.96. The number of aromatic hydroxyl groups is 2. The zero-order valence-electron chi connectivity index (χ0n) is 18.9. The standard InChI is InChI=1S/C22H28O14/c1-5(2-8(25)26)9-14(29)10(20-18(33)16(31)12(27)6(3-23)34-20)19-11(15(9)30)21-22(36-19)17(32)13(28)7(4-24)35-21/h2,6-7,12-13,16-18,20-24,27-33H,3-4H2,1H3,(H,25,26). The Morgan fingerprint density at radius 1 is 0.806 bits per heavy atom. The predicted molar refractivity (Wildman–Crippen MR) is 115 cm³/mol. The van der Waals surface area contributed by atoms with Crippen molar-refractivity contribution in [3.05, 3.63) is 22.8 Å². The van der Waals surface area contributed by atoms with E-state index in [1.807, 2.05) is 0 Å². The third-order valence-electron chi connectivity index (χ3n) is 6.79. The van der Waals surface area contributed by atoms with Crippen LogP contribution in [0, 0.1) is 0 Å². The number of carbonyl (C=O) groups is 1. The van der Waals surface area contributed by atoms with E-state index in [9.17, 15) is 55.9 Å². The van der Waals surface area contributed by atoms with Crippen molar-refractivity contribution in [2.24, 2.45) is 0 Å². The quantitative estimate of drug-likeness (QED) is 0.175. The number of fused-ring (bicyclic) bond motifs is 3. The van der Waals surface area contributed by atoms with Gasteiger partial charge in [0, 0.05) is 6.08 Å². The van der Waals surface area contributed by atoms with E-state index < -0.39 is 103 Å². The molecule has 200 valence electrons. The van der Waals surface area contributed by atoms with Crippen molar-refractivity contribution in [1.29, 1.82) is 0 Å². The molecule has 0 saturated carbocycles. The topological polar surface area (TPSA) is 247 Å². The van der Waals surface area contributed by atoms with Gasteiger partial charge in [-0.05, 0) is 12.5 Å². The second-order valence-electron chi connectivity index (χ2n) is 8.99. The molecule has 0 aromatic heterocycles. The van der Waals surface area contributed by atoms with E-state index in [4.69, 9.17) is 14.2 Å². The summed E-state index contributed by atoms with van der Waals surface area (Å²) in [5.41, 5.74) is -1.17. The van der Waals surface area contributed by atoms with Crippen molar-refractivity contribution < 1.29 is 70.1 Å². The summed E-state index contributed by atoms with van der Waals surface area (Å²) in [4.78, 5) is 11.3. The Morgan fingerprint density at radius 3 is 1.83 bits per heavy atom. The largest absolute Gasteiger partial charge is 0.507 e. The van der Waals surface area contributed by atoms with E-state index in [2.05, 4.69) is 0 Å². The van der Waals surface area contributed by atoms with Crippen LogP contribution < -0.4 is 4.74 Å². The van der Waals surface area contributed by atoms with E-state index in [1.165, 1.54) is 6.92 Å². The molecule has 2 saturated heterocycles. The summed E-state index contributed by atoms with van der Waals surface area (Å²) < 4.78 is 17.0. The van der Waals surface area contributed by atoms with Gasteiger partial charge in [0.2, 0.25) is 0 Å². The van der Waals surface area contributed by atoms with E-state index in [0.717, 1.165) is 0 Å². The Morgan fingerprint density at radius 2 is 1.31 bits per heavy atom. The number of phenols is 2. The number of hydrogen-bond acceptors (Lipinski definition) is 13. The van der Waals surface area contributed by atoms with Crippen LogP contribution in [-0.2, 0) is 14.3 Å². The van der Waals surface area contributed by atoms with Gasteiger partial charge >= 0.3 is 5.97 Å². The molecule has 3 aliphatic rings. The van der Waals surface area contributed by atoms with Crippen LogP contribution in [0.1, 0.15) is 35.8 Å². The number of benzene rings is 1. The van der Waals surface area contributed by atoms with Crippen LogP contribution in [0.15, 0.2) is 6.08 Å². The van der Waals surface area contributed by atoms with Gasteiger partial charge in [-0.2, -0.15) is 0 Å². The Balaban J connectivity index is 1.96. The third-order valence-corrected chi connectivity index (χ3v) is 6.79. The lowest BCUT2D eigenvalue weighted by Gasteiger charge is -2.40. The van der Waals surface area contributed by atoms with Crippen molar-refractivity contribution in [2.45, 2.75) is 68.0 Å². The highest BCUT2D eigenvalue weighted by molar-refractivity contribution is 5.92. The SMILES string of the molecule is CC(=CC(=O)O)c1c(O)c(C2OC(CO)C(O)C(O)C2O)c2c(c1O)C1OC(CO)C(O)C(O)C1O2. The first-order valence-corrected chi connectivity index (χ1v) is 11.1. The van der Waals surface area contributed by atoms with Crippen LogP contribution >= 0.6 is 0 Å². The average molecular weight is 516 g/mol. The van der Waals surface area contributed by atoms with Crippen molar-refractivity contribution in [1.82, 2.24) is 0 Å². The number of aliphatic carboxylic acids is 1. The van der Waals surface area contributed by atoms with Crippen LogP contribution in [-0.4, -0.2) is 119 Å². The number of aliphatic hydroxyl groups is 7. The molecular formula is C22H28O14. The maximum Gasteiger partial charge on any atom is 0.328 e. The van der Waals surface area contributed by atoms with Crippen LogP contribution in [0.5, 0.6) is 17.2 Å². The zero-order chi connectivity index (χ0) is 26.6. The molecule has 3 aliphatic heterocycles. The molecule has 10 unspecified atom stereocenters. The zero-order valence-corrected chi connectivity index (χ0v) is 18.9. The maximum absolute atomic E-state index is 11.3. The molecule has 10 N–H and O–H groups in total. The molecule has 3 heterocycles. The number of allylic oxidation sites excluding steroid dienone is 1. The summed E-state index contributed by atoms with van der Waals surface area (Å²) in [6.07, 6.45) is -15.1. The lowest BCUT2D eigenvalue weighted by Crippen LogP contribution is -2.55. The van der Waals surface area contributed by atoms with Crippen molar-refractivity contribution in [2.75, 3.05) is 13.2 Å². The molecule has 1 aromatic carbocycles. The third kappa shape index (κ3) is 4.00. The second-order valence-corrected chi connectivity index (χ2v) is 8.99. The minimum Gasteiger partial charge on any atom is -0.507 e. The van der Waals surface area contributed by atoms with Gasteiger partial charge in [0.15, 0.2) is 6.10 Å². The molecule has 14 heteroatoms. The number of phenolic OH excluding ortho intramolecular Hbond substituents is 2. The molecule has 0 spiro atoms. The summed E-state index contributed by atoms with van der Waals surface area (Å²) in [5, 5.41) is 103. The first kappa shape index (κ1) is 26.5. The van der Waals surface area contributed by atoms with Crippen LogP contribution in [0.4, 0.5) is 0 Å². The van der Waals surface area contributed by atoms with E-state index in [-0.39, 0.29) is 16.9 Å². The summed E-state index contributed by atoms with van der Waals surface area (Å²) in [5.74, 6) is -3.28. The van der Waals surface area contributed by atoms with Gasteiger partial charge in [-0.15, -0.1) is 0 Å². The molecule has 2 fully saturated rings. The minimum absolute atomic E-state index is 0.148. The smallest absolute Gasteiger partial charge is 0.328 e. The molecule has 4 rings (SSSR count). The number of hydrogen-bond donors (Lipinski definition) is 10. The molecule has 0 aliphatic carbocycles. The van der Waals surface area contributed by atoms with Gasteiger partial charge in [-0.3, -0.25) is 0 Å². The second kappa shape index (κ2) is 9.74. The van der Waals surface area contributed by atoms with Crippen molar-refractivity contribution in [3.8, 4) is 17.2 Å². The van der Waals surface area contributed by atoms with E-state index >= 15 is 0 Å². The predicted octanol–water partition coefficient (Wildman–Crippen LogP) is -2.98. The summed E-state index contributed by atoms with van der Waals surface area (Å²) in [6, 6.07) is 0. The molecule has 0 bridgehead atoms. The Kier molecular flexibility index (Phi) is 7.18. The number of aliphatic hydroxyl groups excluding tert-OH is 7. The lowest BCUT2D eigenvalue weighted by molar-refractivity contribution is -0.232. The number of ether oxygens (including phenoxy) is 3. The molecule has 0 radical (unpaired) electrons. The first-order valence-electron chi connectivity index (χ1n) is 11.1. The summed E-state index contributed by atoms with van der Waals surface area (Å²) in [6.45, 7) is -0.234. The molecule has 36 heavy (non-hydrogen) atoms. The molecule has 14 nitrogen and oxygen atoms in total. The first-order chi connectivity index (χ1) is 16.9. The molecule has 10 atom stereocenters. The van der Waals surface area contributed by atoms with Gasteiger partial charge in [0.1, 0.15) is 72.2 Å². The maximum atomic E-state index is 11.3. The van der Waals surface area contributed by atoms with E-state index in [1.54, 1.807) is 0 Å². The fraction of sp³-hybridized carbons (Fsp3) is 0.591. The monoisotopic (exact) mass is 516 g/mol. The normalized spacial score (nSPS) is 38.3. The van der Waals surface area contributed by atoms with Gasteiger partial charge in [0.25, 0.3) is 0 Å². The highest BCUT2D eigenvalue weighted by atomic mass is 16.6. The Bertz CT molecular complexity index is 1050.